The molecule has 0 bridgehead atoms. The number of ether oxygens (including phenoxy) is 1. The lowest BCUT2D eigenvalue weighted by molar-refractivity contribution is -0.148. The van der Waals surface area contributed by atoms with Crippen LogP contribution in [0, 0.1) is 0 Å². The first-order chi connectivity index (χ1) is 6.70. The summed E-state index contributed by atoms with van der Waals surface area (Å²) in [5, 5.41) is 25.1. The van der Waals surface area contributed by atoms with E-state index in [2.05, 4.69) is 30.6 Å². The first-order valence-corrected chi connectivity index (χ1v) is 3.64. The van der Waals surface area contributed by atoms with E-state index in [1.165, 1.54) is 19.2 Å². The van der Waals surface area contributed by atoms with E-state index >= 15 is 0 Å². The lowest BCUT2D eigenvalue weighted by Gasteiger charge is -2.03. The zero-order valence-electron chi connectivity index (χ0n) is 7.23. The minimum Gasteiger partial charge on any atom is -0.404 e. The van der Waals surface area contributed by atoms with Gasteiger partial charge in [-0.05, 0) is 22.6 Å². The molecule has 1 aliphatic heterocycles. The fourth-order valence-electron chi connectivity index (χ4n) is 0.508. The van der Waals surface area contributed by atoms with E-state index in [1.807, 2.05) is 0 Å². The highest BCUT2D eigenvalue weighted by Gasteiger charge is 2.12. The van der Waals surface area contributed by atoms with E-state index in [1.54, 1.807) is 0 Å². The Morgan fingerprint density at radius 3 is 3.00 bits per heavy atom. The van der Waals surface area contributed by atoms with Gasteiger partial charge in [-0.15, -0.1) is 5.10 Å². The minimum absolute atomic E-state index is 0.113. The van der Waals surface area contributed by atoms with Crippen LogP contribution in [0.3, 0.4) is 0 Å². The maximum Gasteiger partial charge on any atom is 0.341 e. The Morgan fingerprint density at radius 1 is 1.50 bits per heavy atom. The molecule has 0 saturated heterocycles. The monoisotopic (exact) mass is 197 g/mol. The van der Waals surface area contributed by atoms with E-state index in [-0.39, 0.29) is 5.88 Å². The number of aliphatic hydroxyl groups excluding tert-OH is 1. The molecule has 1 aliphatic rings. The van der Waals surface area contributed by atoms with Crippen LogP contribution in [0.1, 0.15) is 6.92 Å². The molecule has 0 radical (unpaired) electrons. The Morgan fingerprint density at radius 2 is 2.29 bits per heavy atom. The van der Waals surface area contributed by atoms with Crippen molar-refractivity contribution in [2.45, 2.75) is 13.0 Å². The molecule has 1 unspecified atom stereocenters. The standard InChI is InChI=1S/C6H7N5O3/c1-4(12)6(13)14-5-2-3-7-9-11-10-8-5/h2-4,12H,1H3. The molecule has 0 amide bonds. The third kappa shape index (κ3) is 3.19. The van der Waals surface area contributed by atoms with Gasteiger partial charge in [0.25, 0.3) is 0 Å². The van der Waals surface area contributed by atoms with Gasteiger partial charge < -0.3 is 9.84 Å². The molecular weight excluding hydrogens is 190 g/mol. The van der Waals surface area contributed by atoms with Gasteiger partial charge in [0, 0.05) is 6.08 Å². The van der Waals surface area contributed by atoms with Gasteiger partial charge in [0.15, 0.2) is 0 Å². The zero-order chi connectivity index (χ0) is 10.4. The number of rotatable bonds is 2. The van der Waals surface area contributed by atoms with Crippen LogP contribution in [-0.4, -0.2) is 23.4 Å². The van der Waals surface area contributed by atoms with Crippen molar-refractivity contribution in [1.82, 2.24) is 0 Å². The maximum absolute atomic E-state index is 10.9. The SMILES string of the molecule is CC(O)C(=O)OC1=CC=NN=NN=N1. The largest absolute Gasteiger partial charge is 0.404 e. The van der Waals surface area contributed by atoms with E-state index in [9.17, 15) is 4.79 Å². The van der Waals surface area contributed by atoms with Gasteiger partial charge in [-0.2, -0.15) is 0 Å². The predicted octanol–water partition coefficient (Wildman–Crippen LogP) is 0.571. The van der Waals surface area contributed by atoms with Crippen molar-refractivity contribution in [1.29, 1.82) is 0 Å². The van der Waals surface area contributed by atoms with Crippen LogP contribution in [0.15, 0.2) is 37.8 Å². The molecular formula is C6H7N5O3. The van der Waals surface area contributed by atoms with Gasteiger partial charge in [0.2, 0.25) is 5.88 Å². The highest BCUT2D eigenvalue weighted by Crippen LogP contribution is 2.04. The first kappa shape index (κ1) is 10.1. The number of carbonyl (C=O) groups is 1. The first-order valence-electron chi connectivity index (χ1n) is 3.64. The summed E-state index contributed by atoms with van der Waals surface area (Å²) in [5.41, 5.74) is 0. The van der Waals surface area contributed by atoms with Crippen LogP contribution in [0.2, 0.25) is 0 Å². The molecule has 8 heteroatoms. The lowest BCUT2D eigenvalue weighted by Crippen LogP contribution is -2.18. The fourth-order valence-corrected chi connectivity index (χ4v) is 0.508. The number of allylic oxidation sites excluding steroid dienone is 1. The Labute approximate surface area is 78.7 Å². The summed E-state index contributed by atoms with van der Waals surface area (Å²) in [6.45, 7) is 1.27. The van der Waals surface area contributed by atoms with E-state index in [0.717, 1.165) is 0 Å². The second-order valence-electron chi connectivity index (χ2n) is 2.23. The second-order valence-corrected chi connectivity index (χ2v) is 2.23. The van der Waals surface area contributed by atoms with Crippen molar-refractivity contribution in [3.63, 3.8) is 0 Å². The Bertz CT molecular complexity index is 330. The Hall–Kier alpha value is -1.96. The number of hydrogen-bond donors (Lipinski definition) is 1. The Kier molecular flexibility index (Phi) is 3.56. The molecule has 8 nitrogen and oxygen atoms in total. The van der Waals surface area contributed by atoms with Crippen LogP contribution in [0.4, 0.5) is 0 Å². The smallest absolute Gasteiger partial charge is 0.341 e. The van der Waals surface area contributed by atoms with Gasteiger partial charge in [0.1, 0.15) is 6.10 Å². The minimum atomic E-state index is -1.23. The second kappa shape index (κ2) is 4.92. The molecule has 1 atom stereocenters. The predicted molar refractivity (Wildman–Crippen MR) is 44.1 cm³/mol. The third-order valence-corrected chi connectivity index (χ3v) is 1.10. The number of esters is 1. The van der Waals surface area contributed by atoms with Crippen LogP contribution >= 0.6 is 0 Å². The van der Waals surface area contributed by atoms with E-state index in [4.69, 9.17) is 5.11 Å². The van der Waals surface area contributed by atoms with E-state index in [0.29, 0.717) is 0 Å². The summed E-state index contributed by atoms with van der Waals surface area (Å²) in [6, 6.07) is 0. The van der Waals surface area contributed by atoms with Crippen molar-refractivity contribution in [3.8, 4) is 0 Å². The molecule has 0 spiro atoms. The average Bonchev–Trinajstić information content (AvgIpc) is 2.08. The highest BCUT2D eigenvalue weighted by molar-refractivity contribution is 5.77. The number of aliphatic hydroxyl groups is 1. The van der Waals surface area contributed by atoms with Crippen molar-refractivity contribution in [2.75, 3.05) is 0 Å². The Balaban J connectivity index is 2.64. The molecule has 0 aliphatic carbocycles. The number of nitrogens with zero attached hydrogens (tertiary/aromatic N) is 5. The summed E-state index contributed by atoms with van der Waals surface area (Å²) < 4.78 is 4.61. The molecule has 0 aromatic carbocycles. The molecule has 1 heterocycles. The molecule has 0 aromatic heterocycles. The summed E-state index contributed by atoms with van der Waals surface area (Å²) >= 11 is 0. The van der Waals surface area contributed by atoms with Crippen LogP contribution < -0.4 is 0 Å². The molecule has 1 rings (SSSR count). The van der Waals surface area contributed by atoms with Crippen LogP contribution in [0.25, 0.3) is 0 Å². The van der Waals surface area contributed by atoms with Gasteiger partial charge in [-0.3, -0.25) is 0 Å². The van der Waals surface area contributed by atoms with Crippen LogP contribution in [-0.2, 0) is 9.53 Å². The van der Waals surface area contributed by atoms with Crippen molar-refractivity contribution >= 4 is 12.2 Å². The molecule has 0 fully saturated rings. The van der Waals surface area contributed by atoms with Gasteiger partial charge in [-0.1, -0.05) is 5.11 Å². The van der Waals surface area contributed by atoms with E-state index < -0.39 is 12.1 Å². The summed E-state index contributed by atoms with van der Waals surface area (Å²) in [5.74, 6) is -0.945. The molecule has 0 saturated carbocycles. The van der Waals surface area contributed by atoms with Gasteiger partial charge in [-0.25, -0.2) is 4.79 Å². The fraction of sp³-hybridized carbons (Fsp3) is 0.333. The summed E-state index contributed by atoms with van der Waals surface area (Å²) in [4.78, 5) is 10.9. The molecule has 14 heavy (non-hydrogen) atoms. The summed E-state index contributed by atoms with van der Waals surface area (Å²) in [6.07, 6.45) is 1.27. The van der Waals surface area contributed by atoms with Crippen LogP contribution in [0.5, 0.6) is 0 Å². The average molecular weight is 197 g/mol. The maximum atomic E-state index is 10.9. The molecule has 0 aromatic rings. The number of hydrogen-bond acceptors (Lipinski definition) is 8. The van der Waals surface area contributed by atoms with Crippen molar-refractivity contribution in [2.24, 2.45) is 25.9 Å². The van der Waals surface area contributed by atoms with Gasteiger partial charge in [0.05, 0.1) is 6.21 Å². The number of carbonyl (C=O) groups excluding carboxylic acids is 1. The zero-order valence-corrected chi connectivity index (χ0v) is 7.23. The quantitative estimate of drug-likeness (QED) is 0.653. The summed E-state index contributed by atoms with van der Waals surface area (Å²) in [7, 11) is 0. The van der Waals surface area contributed by atoms with Gasteiger partial charge >= 0.3 is 5.97 Å². The highest BCUT2D eigenvalue weighted by atomic mass is 16.6. The molecule has 74 valence electrons. The third-order valence-electron chi connectivity index (χ3n) is 1.10. The lowest BCUT2D eigenvalue weighted by atomic mass is 10.4. The normalized spacial score (nSPS) is 16.9. The van der Waals surface area contributed by atoms with Crippen molar-refractivity contribution < 1.29 is 14.6 Å². The van der Waals surface area contributed by atoms with Crippen molar-refractivity contribution in [3.05, 3.63) is 12.0 Å². The topological polar surface area (TPSA) is 108 Å². The molecule has 1 N–H and O–H groups in total.